The van der Waals surface area contributed by atoms with Gasteiger partial charge in [-0.05, 0) is 54.3 Å². The van der Waals surface area contributed by atoms with Gasteiger partial charge in [-0.3, -0.25) is 14.8 Å². The summed E-state index contributed by atoms with van der Waals surface area (Å²) in [6, 6.07) is 22.9. The van der Waals surface area contributed by atoms with Gasteiger partial charge in [-0.15, -0.1) is 0 Å². The van der Waals surface area contributed by atoms with Gasteiger partial charge in [-0.1, -0.05) is 48.5 Å². The van der Waals surface area contributed by atoms with Crippen LogP contribution in [0.2, 0.25) is 0 Å². The number of carbonyl (C=O) groups is 2. The lowest BCUT2D eigenvalue weighted by Crippen LogP contribution is -2.26. The second-order valence-electron chi connectivity index (χ2n) is 6.98. The highest BCUT2D eigenvalue weighted by Crippen LogP contribution is 2.21. The van der Waals surface area contributed by atoms with E-state index in [0.29, 0.717) is 42.6 Å². The molecule has 0 unspecified atom stereocenters. The van der Waals surface area contributed by atoms with E-state index in [-0.39, 0.29) is 22.7 Å². The normalized spacial score (nSPS) is 10.4. The minimum atomic E-state index is -0.198. The van der Waals surface area contributed by atoms with E-state index in [0.717, 1.165) is 5.56 Å². The topological polar surface area (TPSA) is 105 Å². The standard InChI is InChI=1S/C24H24N3O4/c28-23(20-7-3-1-4-8-20)25-15-13-18-11-12-19(22(17-18)27(30)31)14-16-26-24(29)21-9-5-2-6-10-21/h1-12,17,30H,13-16H2,(H,25,28)(H,26,29)/q-1. The zero-order valence-corrected chi connectivity index (χ0v) is 17.0. The van der Waals surface area contributed by atoms with Gasteiger partial charge in [-0.25, -0.2) is 0 Å². The van der Waals surface area contributed by atoms with Crippen LogP contribution in [-0.2, 0) is 12.8 Å². The van der Waals surface area contributed by atoms with Gasteiger partial charge >= 0.3 is 0 Å². The second kappa shape index (κ2) is 10.9. The molecule has 0 fully saturated rings. The molecule has 3 aromatic rings. The first-order valence-corrected chi connectivity index (χ1v) is 9.99. The van der Waals surface area contributed by atoms with Gasteiger partial charge in [0.25, 0.3) is 11.8 Å². The highest BCUT2D eigenvalue weighted by molar-refractivity contribution is 5.94. The first kappa shape index (κ1) is 22.0. The molecule has 7 nitrogen and oxygen atoms in total. The monoisotopic (exact) mass is 418 g/mol. The number of benzene rings is 3. The van der Waals surface area contributed by atoms with E-state index in [9.17, 15) is 20.0 Å². The van der Waals surface area contributed by atoms with E-state index in [1.54, 1.807) is 60.7 Å². The molecule has 0 bridgehead atoms. The van der Waals surface area contributed by atoms with E-state index in [4.69, 9.17) is 0 Å². The van der Waals surface area contributed by atoms with Crippen molar-refractivity contribution in [1.29, 1.82) is 0 Å². The van der Waals surface area contributed by atoms with Crippen LogP contribution in [0.5, 0.6) is 0 Å². The minimum Gasteiger partial charge on any atom is -0.733 e. The molecular formula is C24H24N3O4-. The quantitative estimate of drug-likeness (QED) is 0.463. The average molecular weight is 418 g/mol. The van der Waals surface area contributed by atoms with Crippen molar-refractivity contribution in [2.75, 3.05) is 18.3 Å². The zero-order chi connectivity index (χ0) is 22.1. The van der Waals surface area contributed by atoms with Crippen LogP contribution in [0.4, 0.5) is 5.69 Å². The van der Waals surface area contributed by atoms with Crippen LogP contribution in [0.25, 0.3) is 0 Å². The molecule has 0 atom stereocenters. The smallest absolute Gasteiger partial charge is 0.251 e. The van der Waals surface area contributed by atoms with Gasteiger partial charge in [0, 0.05) is 24.2 Å². The molecule has 0 radical (unpaired) electrons. The van der Waals surface area contributed by atoms with Crippen molar-refractivity contribution < 1.29 is 14.8 Å². The Morgan fingerprint density at radius 1 is 0.774 bits per heavy atom. The van der Waals surface area contributed by atoms with Crippen LogP contribution >= 0.6 is 0 Å². The summed E-state index contributed by atoms with van der Waals surface area (Å²) in [4.78, 5) is 24.2. The summed E-state index contributed by atoms with van der Waals surface area (Å²) < 4.78 is 0. The molecule has 160 valence electrons. The fourth-order valence-electron chi connectivity index (χ4n) is 3.17. The van der Waals surface area contributed by atoms with Gasteiger partial charge in [-0.2, -0.15) is 0 Å². The molecule has 0 aliphatic rings. The van der Waals surface area contributed by atoms with Gasteiger partial charge in [0.1, 0.15) is 0 Å². The first-order chi connectivity index (χ1) is 15.0. The first-order valence-electron chi connectivity index (χ1n) is 9.99. The highest BCUT2D eigenvalue weighted by atomic mass is 16.8. The number of hydrogen-bond donors (Lipinski definition) is 3. The third kappa shape index (κ3) is 6.40. The summed E-state index contributed by atoms with van der Waals surface area (Å²) in [6.07, 6.45) is 0.892. The minimum absolute atomic E-state index is 0.126. The van der Waals surface area contributed by atoms with E-state index in [2.05, 4.69) is 10.6 Å². The third-order valence-corrected chi connectivity index (χ3v) is 4.81. The van der Waals surface area contributed by atoms with Crippen molar-refractivity contribution in [2.45, 2.75) is 12.8 Å². The summed E-state index contributed by atoms with van der Waals surface area (Å²) in [7, 11) is 0. The molecule has 0 aliphatic carbocycles. The maximum Gasteiger partial charge on any atom is 0.251 e. The number of amides is 2. The van der Waals surface area contributed by atoms with Crippen LogP contribution in [0.1, 0.15) is 31.8 Å². The predicted octanol–water partition coefficient (Wildman–Crippen LogP) is 3.33. The largest absolute Gasteiger partial charge is 0.733 e. The molecular weight excluding hydrogens is 394 g/mol. The Hall–Kier alpha value is -3.68. The van der Waals surface area contributed by atoms with Crippen LogP contribution in [0.3, 0.4) is 0 Å². The summed E-state index contributed by atoms with van der Waals surface area (Å²) in [5, 5.41) is 26.6. The number of nitrogens with one attached hydrogen (secondary N) is 2. The van der Waals surface area contributed by atoms with Gasteiger partial charge < -0.3 is 21.1 Å². The maximum absolute atomic E-state index is 12.1. The summed E-state index contributed by atoms with van der Waals surface area (Å²) in [5.41, 5.74) is 2.68. The van der Waals surface area contributed by atoms with Crippen LogP contribution in [0.15, 0.2) is 78.9 Å². The molecule has 3 aromatic carbocycles. The SMILES string of the molecule is O=C(NCCc1ccc(CCNC(=O)c2ccccc2)c(N([O-])O)c1)c1ccccc1. The highest BCUT2D eigenvalue weighted by Gasteiger charge is 2.09. The predicted molar refractivity (Wildman–Crippen MR) is 119 cm³/mol. The van der Waals surface area contributed by atoms with Crippen LogP contribution < -0.4 is 15.9 Å². The fraction of sp³-hybridized carbons (Fsp3) is 0.167. The van der Waals surface area contributed by atoms with E-state index in [1.165, 1.54) is 0 Å². The molecule has 3 rings (SSSR count). The van der Waals surface area contributed by atoms with Gasteiger partial charge in [0.2, 0.25) is 0 Å². The molecule has 7 heteroatoms. The Balaban J connectivity index is 1.54. The van der Waals surface area contributed by atoms with Crippen molar-refractivity contribution in [3.63, 3.8) is 0 Å². The van der Waals surface area contributed by atoms with Crippen molar-refractivity contribution in [1.82, 2.24) is 10.6 Å². The Labute approximate surface area is 180 Å². The Morgan fingerprint density at radius 3 is 1.81 bits per heavy atom. The lowest BCUT2D eigenvalue weighted by atomic mass is 10.0. The summed E-state index contributed by atoms with van der Waals surface area (Å²) in [6.45, 7) is 0.713. The van der Waals surface area contributed by atoms with Gasteiger partial charge in [0.15, 0.2) is 0 Å². The average Bonchev–Trinajstić information content (AvgIpc) is 2.80. The lowest BCUT2D eigenvalue weighted by Gasteiger charge is -2.25. The van der Waals surface area contributed by atoms with Crippen molar-refractivity contribution >= 4 is 17.5 Å². The summed E-state index contributed by atoms with van der Waals surface area (Å²) >= 11 is 0. The Morgan fingerprint density at radius 2 is 1.29 bits per heavy atom. The molecule has 0 saturated carbocycles. The molecule has 2 amide bonds. The van der Waals surface area contributed by atoms with E-state index < -0.39 is 0 Å². The Kier molecular flexibility index (Phi) is 7.75. The van der Waals surface area contributed by atoms with E-state index >= 15 is 0 Å². The fourth-order valence-corrected chi connectivity index (χ4v) is 3.17. The lowest BCUT2D eigenvalue weighted by molar-refractivity contribution is 0.0946. The van der Waals surface area contributed by atoms with Crippen LogP contribution in [-0.4, -0.2) is 30.1 Å². The zero-order valence-electron chi connectivity index (χ0n) is 17.0. The van der Waals surface area contributed by atoms with Gasteiger partial charge in [0.05, 0.1) is 5.69 Å². The molecule has 0 aromatic heterocycles. The number of carbonyl (C=O) groups excluding carboxylic acids is 2. The number of rotatable bonds is 9. The molecule has 3 N–H and O–H groups in total. The second-order valence-corrected chi connectivity index (χ2v) is 6.98. The van der Waals surface area contributed by atoms with E-state index in [1.807, 2.05) is 18.2 Å². The molecule has 31 heavy (non-hydrogen) atoms. The van der Waals surface area contributed by atoms with Crippen LogP contribution in [0, 0.1) is 5.21 Å². The van der Waals surface area contributed by atoms with Crippen molar-refractivity contribution in [3.05, 3.63) is 106 Å². The maximum atomic E-state index is 12.1. The number of nitrogens with zero attached hydrogens (tertiary/aromatic N) is 1. The summed E-state index contributed by atoms with van der Waals surface area (Å²) in [5.74, 6) is -0.366. The van der Waals surface area contributed by atoms with Crippen molar-refractivity contribution in [3.8, 4) is 0 Å². The Bertz CT molecular complexity index is 1010. The number of hydrogen-bond acceptors (Lipinski definition) is 5. The third-order valence-electron chi connectivity index (χ3n) is 4.81. The molecule has 0 spiro atoms. The number of anilines is 1. The molecule has 0 saturated heterocycles. The molecule has 0 heterocycles. The van der Waals surface area contributed by atoms with Crippen molar-refractivity contribution in [2.24, 2.45) is 0 Å². The molecule has 0 aliphatic heterocycles.